The third-order valence-electron chi connectivity index (χ3n) is 2.85. The largest absolute Gasteiger partial charge is 0.550 e. The number of carboxylic acids is 1. The van der Waals surface area contributed by atoms with Gasteiger partial charge < -0.3 is 9.90 Å². The van der Waals surface area contributed by atoms with Crippen molar-refractivity contribution in [2.75, 3.05) is 0 Å². The number of aryl methyl sites for hydroxylation is 2. The molecule has 0 fully saturated rings. The van der Waals surface area contributed by atoms with E-state index in [9.17, 15) is 14.7 Å². The fourth-order valence-electron chi connectivity index (χ4n) is 1.61. The van der Waals surface area contributed by atoms with Crippen LogP contribution < -0.4 is 5.11 Å². The highest BCUT2D eigenvalue weighted by Gasteiger charge is 2.24. The van der Waals surface area contributed by atoms with Crippen LogP contribution in [-0.4, -0.2) is 11.8 Å². The van der Waals surface area contributed by atoms with Gasteiger partial charge in [0.25, 0.3) is 0 Å². The van der Waals surface area contributed by atoms with Gasteiger partial charge in [-0.15, -0.1) is 0 Å². The second-order valence-electron chi connectivity index (χ2n) is 5.09. The van der Waals surface area contributed by atoms with Crippen LogP contribution >= 0.6 is 0 Å². The van der Waals surface area contributed by atoms with Crippen LogP contribution in [0.4, 0.5) is 0 Å². The Kier molecular flexibility index (Phi) is 3.71. The zero-order chi connectivity index (χ0) is 13.2. The van der Waals surface area contributed by atoms with E-state index in [0.29, 0.717) is 5.56 Å². The van der Waals surface area contributed by atoms with Gasteiger partial charge in [-0.1, -0.05) is 31.5 Å². The number of hydrogen-bond acceptors (Lipinski definition) is 3. The molecule has 17 heavy (non-hydrogen) atoms. The van der Waals surface area contributed by atoms with Crippen LogP contribution in [-0.2, 0) is 4.79 Å². The maximum atomic E-state index is 12.0. The monoisotopic (exact) mass is 233 g/mol. The Morgan fingerprint density at radius 1 is 1.24 bits per heavy atom. The number of hydrogen-bond donors (Lipinski definition) is 0. The summed E-state index contributed by atoms with van der Waals surface area (Å²) in [5.41, 5.74) is 1.33. The first-order valence-corrected chi connectivity index (χ1v) is 5.56. The van der Waals surface area contributed by atoms with E-state index in [1.54, 1.807) is 6.07 Å². The molecule has 3 heteroatoms. The van der Waals surface area contributed by atoms with E-state index in [1.165, 1.54) is 13.8 Å². The molecule has 0 bridgehead atoms. The minimum absolute atomic E-state index is 0.0420. The van der Waals surface area contributed by atoms with E-state index in [4.69, 9.17) is 0 Å². The summed E-state index contributed by atoms with van der Waals surface area (Å²) in [6.45, 7) is 6.76. The molecular weight excluding hydrogens is 216 g/mol. The van der Waals surface area contributed by atoms with Crippen molar-refractivity contribution >= 4 is 11.8 Å². The maximum absolute atomic E-state index is 12.0. The summed E-state index contributed by atoms with van der Waals surface area (Å²) in [5, 5.41) is 10.9. The van der Waals surface area contributed by atoms with E-state index in [-0.39, 0.29) is 12.2 Å². The summed E-state index contributed by atoms with van der Waals surface area (Å²) in [7, 11) is 0. The quantitative estimate of drug-likeness (QED) is 0.743. The van der Waals surface area contributed by atoms with Crippen LogP contribution in [0.3, 0.4) is 0 Å². The molecule has 0 saturated carbocycles. The Bertz CT molecular complexity index is 459. The number of benzene rings is 1. The van der Waals surface area contributed by atoms with Crippen LogP contribution in [0.25, 0.3) is 0 Å². The van der Waals surface area contributed by atoms with Gasteiger partial charge in [0.15, 0.2) is 5.78 Å². The number of carboxylic acid groups (broad SMARTS) is 1. The predicted molar refractivity (Wildman–Crippen MR) is 63.7 cm³/mol. The Morgan fingerprint density at radius 3 is 2.35 bits per heavy atom. The Labute approximate surface area is 101 Å². The van der Waals surface area contributed by atoms with Gasteiger partial charge in [0.2, 0.25) is 0 Å². The summed E-state index contributed by atoms with van der Waals surface area (Å²) in [6, 6.07) is 5.59. The van der Waals surface area contributed by atoms with Crippen molar-refractivity contribution < 1.29 is 14.7 Å². The summed E-state index contributed by atoms with van der Waals surface area (Å²) in [5.74, 6) is -1.35. The topological polar surface area (TPSA) is 57.2 Å². The first kappa shape index (κ1) is 13.4. The average Bonchev–Trinajstić information content (AvgIpc) is 2.20. The van der Waals surface area contributed by atoms with Crippen molar-refractivity contribution in [1.29, 1.82) is 0 Å². The molecule has 0 amide bonds. The summed E-state index contributed by atoms with van der Waals surface area (Å²) < 4.78 is 0. The second kappa shape index (κ2) is 4.70. The number of ketones is 1. The molecule has 0 saturated heterocycles. The number of carbonyl (C=O) groups is 2. The smallest absolute Gasteiger partial charge is 0.164 e. The molecule has 0 heterocycles. The van der Waals surface area contributed by atoms with Gasteiger partial charge in [-0.2, -0.15) is 0 Å². The Balaban J connectivity index is 2.98. The fourth-order valence-corrected chi connectivity index (χ4v) is 1.61. The molecule has 0 unspecified atom stereocenters. The van der Waals surface area contributed by atoms with Gasteiger partial charge >= 0.3 is 0 Å². The van der Waals surface area contributed by atoms with Gasteiger partial charge in [-0.25, -0.2) is 0 Å². The molecule has 0 aliphatic heterocycles. The van der Waals surface area contributed by atoms with E-state index in [0.717, 1.165) is 11.1 Å². The van der Waals surface area contributed by atoms with Crippen molar-refractivity contribution in [3.63, 3.8) is 0 Å². The molecule has 0 spiro atoms. The molecule has 1 rings (SSSR count). The molecule has 0 aliphatic carbocycles. The van der Waals surface area contributed by atoms with E-state index in [2.05, 4.69) is 0 Å². The third-order valence-corrected chi connectivity index (χ3v) is 2.85. The first-order valence-electron chi connectivity index (χ1n) is 5.56. The van der Waals surface area contributed by atoms with Crippen LogP contribution in [0.5, 0.6) is 0 Å². The maximum Gasteiger partial charge on any atom is 0.164 e. The van der Waals surface area contributed by atoms with Crippen LogP contribution in [0.15, 0.2) is 18.2 Å². The average molecular weight is 233 g/mol. The van der Waals surface area contributed by atoms with Crippen molar-refractivity contribution in [3.8, 4) is 0 Å². The van der Waals surface area contributed by atoms with Gasteiger partial charge in [0.1, 0.15) is 0 Å². The van der Waals surface area contributed by atoms with Crippen molar-refractivity contribution in [2.45, 2.75) is 34.1 Å². The van der Waals surface area contributed by atoms with Crippen LogP contribution in [0.1, 0.15) is 41.8 Å². The fraction of sp³-hybridized carbons (Fsp3) is 0.429. The molecule has 1 aromatic rings. The molecule has 0 aliphatic rings. The lowest BCUT2D eigenvalue weighted by molar-refractivity contribution is -0.317. The summed E-state index contributed by atoms with van der Waals surface area (Å²) in [4.78, 5) is 22.9. The van der Waals surface area contributed by atoms with E-state index in [1.807, 2.05) is 26.0 Å². The predicted octanol–water partition coefficient (Wildman–Crippen LogP) is 1.65. The molecule has 1 aromatic carbocycles. The summed E-state index contributed by atoms with van der Waals surface area (Å²) >= 11 is 0. The van der Waals surface area contributed by atoms with Crippen molar-refractivity contribution in [1.82, 2.24) is 0 Å². The van der Waals surface area contributed by atoms with Crippen LogP contribution in [0, 0.1) is 19.3 Å². The highest BCUT2D eigenvalue weighted by Crippen LogP contribution is 2.23. The normalized spacial score (nSPS) is 11.3. The highest BCUT2D eigenvalue weighted by atomic mass is 16.4. The lowest BCUT2D eigenvalue weighted by atomic mass is 9.84. The van der Waals surface area contributed by atoms with Gasteiger partial charge in [-0.3, -0.25) is 4.79 Å². The number of rotatable bonds is 4. The van der Waals surface area contributed by atoms with Crippen molar-refractivity contribution in [3.05, 3.63) is 34.9 Å². The number of Topliss-reactive ketones (excluding diaryl/α,β-unsaturated/α-hetero) is 1. The zero-order valence-corrected chi connectivity index (χ0v) is 10.7. The number of carbonyl (C=O) groups excluding carboxylic acids is 2. The zero-order valence-electron chi connectivity index (χ0n) is 10.7. The summed E-state index contributed by atoms with van der Waals surface area (Å²) in [6.07, 6.45) is -0.0420. The van der Waals surface area contributed by atoms with Gasteiger partial charge in [0.05, 0.1) is 0 Å². The lowest BCUT2D eigenvalue weighted by Crippen LogP contribution is -2.39. The molecule has 0 radical (unpaired) electrons. The SMILES string of the molecule is Cc1ccc(C)c(C(=O)CC(C)(C)C(=O)[O-])c1. The van der Waals surface area contributed by atoms with Crippen LogP contribution in [0.2, 0.25) is 0 Å². The molecule has 0 N–H and O–H groups in total. The minimum Gasteiger partial charge on any atom is -0.550 e. The first-order chi connectivity index (χ1) is 7.74. The highest BCUT2D eigenvalue weighted by molar-refractivity contribution is 5.99. The third kappa shape index (κ3) is 3.16. The standard InChI is InChI=1S/C14H18O3/c1-9-5-6-10(2)11(7-9)12(15)8-14(3,4)13(16)17/h5-7H,8H2,1-4H3,(H,16,17)/p-1. The van der Waals surface area contributed by atoms with E-state index < -0.39 is 11.4 Å². The molecule has 0 atom stereocenters. The van der Waals surface area contributed by atoms with Gasteiger partial charge in [0, 0.05) is 23.4 Å². The molecule has 3 nitrogen and oxygen atoms in total. The molecular formula is C14H17O3-. The Morgan fingerprint density at radius 2 is 1.82 bits per heavy atom. The lowest BCUT2D eigenvalue weighted by Gasteiger charge is -2.25. The Hall–Kier alpha value is -1.64. The molecule has 0 aromatic heterocycles. The number of aliphatic carboxylic acids is 1. The second-order valence-corrected chi connectivity index (χ2v) is 5.09. The minimum atomic E-state index is -1.20. The van der Waals surface area contributed by atoms with Crippen molar-refractivity contribution in [2.24, 2.45) is 5.41 Å². The van der Waals surface area contributed by atoms with E-state index >= 15 is 0 Å². The van der Waals surface area contributed by atoms with Gasteiger partial charge in [-0.05, 0) is 25.5 Å². The molecule has 92 valence electrons.